The van der Waals surface area contributed by atoms with Crippen LogP contribution >= 0.6 is 0 Å². The number of nitrogens with one attached hydrogen (secondary N) is 1. The van der Waals surface area contributed by atoms with Gasteiger partial charge in [-0.3, -0.25) is 10.0 Å². The van der Waals surface area contributed by atoms with Crippen LogP contribution in [0.2, 0.25) is 0 Å². The highest BCUT2D eigenvalue weighted by atomic mass is 16.5. The molecule has 0 saturated heterocycles. The largest absolute Gasteiger partial charge is 0.339 e. The monoisotopic (exact) mass is 261 g/mol. The summed E-state index contributed by atoms with van der Waals surface area (Å²) in [6.45, 7) is 0. The van der Waals surface area contributed by atoms with Crippen molar-refractivity contribution in [3.05, 3.63) is 47.6 Å². The lowest BCUT2D eigenvalue weighted by atomic mass is 10.1. The number of hydrogen-bond acceptors (Lipinski definition) is 5. The number of hydroxylamine groups is 1. The lowest BCUT2D eigenvalue weighted by molar-refractivity contribution is -0.129. The second kappa shape index (κ2) is 6.65. The van der Waals surface area contributed by atoms with Crippen molar-refractivity contribution in [2.45, 2.75) is 25.7 Å². The molecule has 1 amide bonds. The average Bonchev–Trinajstić information content (AvgIpc) is 2.91. The van der Waals surface area contributed by atoms with Crippen molar-refractivity contribution in [2.24, 2.45) is 0 Å². The van der Waals surface area contributed by atoms with E-state index in [1.807, 2.05) is 30.3 Å². The normalized spacial score (nSPS) is 10.4. The maximum absolute atomic E-state index is 10.9. The van der Waals surface area contributed by atoms with E-state index in [0.29, 0.717) is 24.6 Å². The Morgan fingerprint density at radius 3 is 2.74 bits per heavy atom. The molecule has 0 bridgehead atoms. The second-order valence-corrected chi connectivity index (χ2v) is 4.12. The number of nitrogens with zero attached hydrogens (tertiary/aromatic N) is 2. The van der Waals surface area contributed by atoms with E-state index in [-0.39, 0.29) is 6.42 Å². The summed E-state index contributed by atoms with van der Waals surface area (Å²) in [6, 6.07) is 10.1. The van der Waals surface area contributed by atoms with E-state index in [0.717, 1.165) is 6.42 Å². The minimum absolute atomic E-state index is 0.122. The van der Waals surface area contributed by atoms with Crippen LogP contribution in [-0.4, -0.2) is 21.3 Å². The average molecular weight is 261 g/mol. The van der Waals surface area contributed by atoms with Crippen molar-refractivity contribution in [1.82, 2.24) is 15.6 Å². The van der Waals surface area contributed by atoms with Crippen LogP contribution in [0.5, 0.6) is 0 Å². The standard InChI is InChI=1S/C13H15N3O3/c17-12(15-18)8-9-13-14-11(16-19-13)7-6-10-4-2-1-3-5-10/h1-5,18H,6-9H2,(H,15,17). The fourth-order valence-corrected chi connectivity index (χ4v) is 1.67. The molecule has 2 N–H and O–H groups in total. The lowest BCUT2D eigenvalue weighted by Gasteiger charge is -1.96. The van der Waals surface area contributed by atoms with Gasteiger partial charge in [-0.05, 0) is 12.0 Å². The molecular formula is C13H15N3O3. The first-order valence-electron chi connectivity index (χ1n) is 6.06. The molecule has 1 aromatic carbocycles. The van der Waals surface area contributed by atoms with Crippen molar-refractivity contribution in [3.8, 4) is 0 Å². The summed E-state index contributed by atoms with van der Waals surface area (Å²) in [5.74, 6) is 0.568. The molecule has 0 atom stereocenters. The number of aromatic nitrogens is 2. The lowest BCUT2D eigenvalue weighted by Crippen LogP contribution is -2.18. The summed E-state index contributed by atoms with van der Waals surface area (Å²) < 4.78 is 5.03. The fourth-order valence-electron chi connectivity index (χ4n) is 1.67. The van der Waals surface area contributed by atoms with Crippen molar-refractivity contribution in [3.63, 3.8) is 0 Å². The predicted molar refractivity (Wildman–Crippen MR) is 66.4 cm³/mol. The molecular weight excluding hydrogens is 246 g/mol. The zero-order valence-corrected chi connectivity index (χ0v) is 10.4. The molecule has 19 heavy (non-hydrogen) atoms. The van der Waals surface area contributed by atoms with Crippen LogP contribution in [0.3, 0.4) is 0 Å². The summed E-state index contributed by atoms with van der Waals surface area (Å²) in [7, 11) is 0. The first-order valence-corrected chi connectivity index (χ1v) is 6.06. The van der Waals surface area contributed by atoms with Gasteiger partial charge in [-0.15, -0.1) is 0 Å². The molecule has 0 saturated carbocycles. The van der Waals surface area contributed by atoms with Gasteiger partial charge in [0.15, 0.2) is 5.82 Å². The molecule has 6 heteroatoms. The van der Waals surface area contributed by atoms with E-state index in [1.165, 1.54) is 5.56 Å². The number of benzene rings is 1. The van der Waals surface area contributed by atoms with Crippen LogP contribution in [-0.2, 0) is 24.1 Å². The first-order chi connectivity index (χ1) is 9.28. The van der Waals surface area contributed by atoms with Gasteiger partial charge < -0.3 is 4.52 Å². The Bertz CT molecular complexity index is 525. The van der Waals surface area contributed by atoms with E-state index in [9.17, 15) is 4.79 Å². The van der Waals surface area contributed by atoms with Gasteiger partial charge in [0.2, 0.25) is 11.8 Å². The molecule has 0 aliphatic heterocycles. The van der Waals surface area contributed by atoms with Gasteiger partial charge in [-0.1, -0.05) is 35.5 Å². The first kappa shape index (κ1) is 13.2. The number of hydrogen-bond donors (Lipinski definition) is 2. The van der Waals surface area contributed by atoms with Crippen molar-refractivity contribution < 1.29 is 14.5 Å². The molecule has 0 unspecified atom stereocenters. The van der Waals surface area contributed by atoms with Crippen LogP contribution in [0, 0.1) is 0 Å². The summed E-state index contributed by atoms with van der Waals surface area (Å²) in [6.07, 6.45) is 1.98. The van der Waals surface area contributed by atoms with E-state index < -0.39 is 5.91 Å². The highest BCUT2D eigenvalue weighted by molar-refractivity contribution is 5.74. The molecule has 2 rings (SSSR count). The molecule has 0 radical (unpaired) electrons. The minimum atomic E-state index is -0.468. The Hall–Kier alpha value is -2.21. The molecule has 0 aliphatic carbocycles. The van der Waals surface area contributed by atoms with Gasteiger partial charge in [0, 0.05) is 19.3 Å². The predicted octanol–water partition coefficient (Wildman–Crippen LogP) is 1.29. The van der Waals surface area contributed by atoms with Gasteiger partial charge in [0.25, 0.3) is 0 Å². The molecule has 6 nitrogen and oxygen atoms in total. The van der Waals surface area contributed by atoms with Crippen LogP contribution in [0.1, 0.15) is 23.7 Å². The third kappa shape index (κ3) is 4.18. The Kier molecular flexibility index (Phi) is 4.63. The van der Waals surface area contributed by atoms with Gasteiger partial charge >= 0.3 is 0 Å². The van der Waals surface area contributed by atoms with Crippen molar-refractivity contribution in [1.29, 1.82) is 0 Å². The summed E-state index contributed by atoms with van der Waals surface area (Å²) in [5.41, 5.74) is 2.78. The minimum Gasteiger partial charge on any atom is -0.339 e. The molecule has 1 heterocycles. The van der Waals surface area contributed by atoms with E-state index >= 15 is 0 Å². The van der Waals surface area contributed by atoms with E-state index in [4.69, 9.17) is 9.73 Å². The summed E-state index contributed by atoms with van der Waals surface area (Å²) >= 11 is 0. The molecule has 0 fully saturated rings. The Morgan fingerprint density at radius 2 is 2.00 bits per heavy atom. The van der Waals surface area contributed by atoms with Gasteiger partial charge in [0.05, 0.1) is 0 Å². The van der Waals surface area contributed by atoms with Crippen LogP contribution in [0.4, 0.5) is 0 Å². The van der Waals surface area contributed by atoms with Gasteiger partial charge in [-0.2, -0.15) is 4.98 Å². The quantitative estimate of drug-likeness (QED) is 0.604. The molecule has 0 spiro atoms. The zero-order valence-electron chi connectivity index (χ0n) is 10.4. The van der Waals surface area contributed by atoms with Crippen molar-refractivity contribution in [2.75, 3.05) is 0 Å². The molecule has 100 valence electrons. The van der Waals surface area contributed by atoms with Gasteiger partial charge in [0.1, 0.15) is 0 Å². The Labute approximate surface area is 110 Å². The highest BCUT2D eigenvalue weighted by Crippen LogP contribution is 2.06. The second-order valence-electron chi connectivity index (χ2n) is 4.12. The number of carbonyl (C=O) groups is 1. The number of aryl methyl sites for hydroxylation is 3. The van der Waals surface area contributed by atoms with E-state index in [1.54, 1.807) is 5.48 Å². The summed E-state index contributed by atoms with van der Waals surface area (Å²) in [4.78, 5) is 15.0. The SMILES string of the molecule is O=C(CCc1nc(CCc2ccccc2)no1)NO. The third-order valence-corrected chi connectivity index (χ3v) is 2.68. The summed E-state index contributed by atoms with van der Waals surface area (Å²) in [5, 5.41) is 12.2. The highest BCUT2D eigenvalue weighted by Gasteiger charge is 2.08. The van der Waals surface area contributed by atoms with E-state index in [2.05, 4.69) is 10.1 Å². The Balaban J connectivity index is 1.82. The van der Waals surface area contributed by atoms with Gasteiger partial charge in [-0.25, -0.2) is 5.48 Å². The topological polar surface area (TPSA) is 88.2 Å². The smallest absolute Gasteiger partial charge is 0.243 e. The number of rotatable bonds is 6. The molecule has 1 aromatic heterocycles. The number of amides is 1. The van der Waals surface area contributed by atoms with Crippen LogP contribution < -0.4 is 5.48 Å². The molecule has 2 aromatic rings. The zero-order chi connectivity index (χ0) is 13.5. The van der Waals surface area contributed by atoms with Crippen LogP contribution in [0.25, 0.3) is 0 Å². The maximum Gasteiger partial charge on any atom is 0.243 e. The Morgan fingerprint density at radius 1 is 1.21 bits per heavy atom. The molecule has 0 aliphatic rings. The number of carbonyl (C=O) groups excluding carboxylic acids is 1. The third-order valence-electron chi connectivity index (χ3n) is 2.68. The maximum atomic E-state index is 10.9. The van der Waals surface area contributed by atoms with Crippen LogP contribution in [0.15, 0.2) is 34.9 Å². The fraction of sp³-hybridized carbons (Fsp3) is 0.308. The van der Waals surface area contributed by atoms with Crippen molar-refractivity contribution >= 4 is 5.91 Å².